The molecule has 0 aliphatic carbocycles. The molecule has 2 aromatic rings. The Hall–Kier alpha value is -4.20. The fraction of sp³-hybridized carbons (Fsp3) is 0.438. The number of rotatable bonds is 17. The number of carboxylic acid groups (broad SMARTS) is 1. The van der Waals surface area contributed by atoms with Crippen molar-refractivity contribution >= 4 is 58.6 Å². The molecule has 4 atom stereocenters. The summed E-state index contributed by atoms with van der Waals surface area (Å²) < 4.78 is 0. The maximum absolute atomic E-state index is 13.0. The summed E-state index contributed by atoms with van der Waals surface area (Å²) in [5.41, 5.74) is 7.41. The number of carbonyl (C=O) groups excluding carboxylic acids is 5. The predicted molar refractivity (Wildman–Crippen MR) is 178 cm³/mol. The Morgan fingerprint density at radius 2 is 1.32 bits per heavy atom. The second kappa shape index (κ2) is 21.6. The Labute approximate surface area is 283 Å². The van der Waals surface area contributed by atoms with E-state index in [0.717, 1.165) is 11.1 Å². The number of Topliss-reactive ketones (excluding diaryl/α,β-unsaturated/α-hetero) is 1. The van der Waals surface area contributed by atoms with Crippen LogP contribution in [0.25, 0.3) is 0 Å². The van der Waals surface area contributed by atoms with Gasteiger partial charge in [-0.2, -0.15) is 0 Å². The average Bonchev–Trinajstić information content (AvgIpc) is 3.03. The molecule has 0 radical (unpaired) electrons. The van der Waals surface area contributed by atoms with Gasteiger partial charge in [0.25, 0.3) is 0 Å². The number of phenolic OH excluding ortho intramolecular Hbond substituents is 1. The van der Waals surface area contributed by atoms with Crippen molar-refractivity contribution in [3.05, 3.63) is 65.7 Å². The van der Waals surface area contributed by atoms with E-state index in [1.54, 1.807) is 42.5 Å². The average molecular weight is 697 g/mol. The van der Waals surface area contributed by atoms with Gasteiger partial charge in [0.15, 0.2) is 5.78 Å². The number of aliphatic carboxylic acids is 1. The van der Waals surface area contributed by atoms with E-state index in [4.69, 9.17) is 28.9 Å². The highest BCUT2D eigenvalue weighted by molar-refractivity contribution is 6.35. The topological polar surface area (TPSA) is 217 Å². The molecule has 0 heterocycles. The standard InChI is InChI=1S/C29H39N5O7.C3H4Cl2O/c1-17(2)13-24(29(40)41)34-28(39)23(15-19-7-5-4-6-8-19)33-25(36)16-31-26(37)18(3)32-27(38)22(30)14-20-9-11-21(35)12-10-20;4-1-3(6)2-5/h4-12,17-18,22-24,35H,13-16,30H2,1-3H3,(H,31,37)(H,32,38)(H,33,36)(H,34,39)(H,40,41);1-2H2. The molecule has 258 valence electrons. The molecule has 0 bridgehead atoms. The van der Waals surface area contributed by atoms with Gasteiger partial charge in [-0.3, -0.25) is 24.0 Å². The van der Waals surface area contributed by atoms with Crippen LogP contribution < -0.4 is 27.0 Å². The van der Waals surface area contributed by atoms with Gasteiger partial charge in [0.05, 0.1) is 24.3 Å². The molecule has 4 unspecified atom stereocenters. The number of nitrogens with two attached hydrogens (primary N) is 1. The van der Waals surface area contributed by atoms with Gasteiger partial charge in [0.2, 0.25) is 23.6 Å². The first kappa shape index (κ1) is 40.8. The number of hydrogen-bond donors (Lipinski definition) is 7. The number of carboxylic acids is 1. The third-order valence-corrected chi connectivity index (χ3v) is 7.05. The van der Waals surface area contributed by atoms with Gasteiger partial charge in [-0.15, -0.1) is 23.2 Å². The SMILES string of the molecule is CC(C)CC(NC(=O)C(Cc1ccccc1)NC(=O)CNC(=O)C(C)NC(=O)C(N)Cc1ccc(O)cc1)C(=O)O.O=C(CCl)CCl. The molecular formula is C32H43Cl2N5O8. The molecule has 15 heteroatoms. The van der Waals surface area contributed by atoms with Gasteiger partial charge in [0.1, 0.15) is 23.9 Å². The highest BCUT2D eigenvalue weighted by Gasteiger charge is 2.28. The van der Waals surface area contributed by atoms with E-state index < -0.39 is 60.3 Å². The zero-order valence-electron chi connectivity index (χ0n) is 26.5. The van der Waals surface area contributed by atoms with Gasteiger partial charge in [-0.1, -0.05) is 56.3 Å². The first-order valence-electron chi connectivity index (χ1n) is 14.8. The Balaban J connectivity index is 0.00000167. The van der Waals surface area contributed by atoms with Crippen molar-refractivity contribution in [1.82, 2.24) is 21.3 Å². The first-order valence-corrected chi connectivity index (χ1v) is 15.8. The number of phenols is 1. The van der Waals surface area contributed by atoms with E-state index >= 15 is 0 Å². The molecule has 0 aromatic heterocycles. The van der Waals surface area contributed by atoms with Gasteiger partial charge < -0.3 is 37.2 Å². The number of ketones is 1. The van der Waals surface area contributed by atoms with Gasteiger partial charge >= 0.3 is 5.97 Å². The highest BCUT2D eigenvalue weighted by Crippen LogP contribution is 2.11. The van der Waals surface area contributed by atoms with Crippen molar-refractivity contribution in [2.45, 2.75) is 64.2 Å². The van der Waals surface area contributed by atoms with Crippen LogP contribution in [0, 0.1) is 5.92 Å². The lowest BCUT2D eigenvalue weighted by atomic mass is 10.0. The van der Waals surface area contributed by atoms with Crippen LogP contribution in [0.3, 0.4) is 0 Å². The largest absolute Gasteiger partial charge is 0.508 e. The van der Waals surface area contributed by atoms with E-state index in [-0.39, 0.29) is 48.5 Å². The molecule has 0 saturated heterocycles. The lowest BCUT2D eigenvalue weighted by molar-refractivity contribution is -0.142. The lowest BCUT2D eigenvalue weighted by Gasteiger charge is -2.23. The fourth-order valence-electron chi connectivity index (χ4n) is 3.99. The number of alkyl halides is 2. The van der Waals surface area contributed by atoms with Crippen LogP contribution in [0.1, 0.15) is 38.3 Å². The van der Waals surface area contributed by atoms with E-state index in [1.807, 2.05) is 13.8 Å². The lowest BCUT2D eigenvalue weighted by Crippen LogP contribution is -2.55. The van der Waals surface area contributed by atoms with Crippen LogP contribution in [-0.2, 0) is 41.6 Å². The molecule has 2 rings (SSSR count). The number of nitrogens with one attached hydrogen (secondary N) is 4. The molecule has 0 spiro atoms. The quantitative estimate of drug-likeness (QED) is 0.118. The molecule has 0 aliphatic rings. The second-order valence-electron chi connectivity index (χ2n) is 11.1. The second-order valence-corrected chi connectivity index (χ2v) is 11.6. The smallest absolute Gasteiger partial charge is 0.326 e. The maximum Gasteiger partial charge on any atom is 0.326 e. The number of aromatic hydroxyl groups is 1. The minimum Gasteiger partial charge on any atom is -0.508 e. The minimum atomic E-state index is -1.18. The molecular weight excluding hydrogens is 653 g/mol. The maximum atomic E-state index is 13.0. The summed E-state index contributed by atoms with van der Waals surface area (Å²) >= 11 is 10.0. The number of amides is 4. The molecule has 47 heavy (non-hydrogen) atoms. The van der Waals surface area contributed by atoms with E-state index in [2.05, 4.69) is 21.3 Å². The summed E-state index contributed by atoms with van der Waals surface area (Å²) in [6.45, 7) is 4.62. The predicted octanol–water partition coefficient (Wildman–Crippen LogP) is 1.26. The van der Waals surface area contributed by atoms with Crippen LogP contribution in [-0.4, -0.2) is 88.1 Å². The molecule has 0 aliphatic heterocycles. The van der Waals surface area contributed by atoms with Crippen LogP contribution in [0.4, 0.5) is 0 Å². The highest BCUT2D eigenvalue weighted by atomic mass is 35.5. The minimum absolute atomic E-state index is 0.0126. The summed E-state index contributed by atoms with van der Waals surface area (Å²) in [6.07, 6.45) is 0.505. The van der Waals surface area contributed by atoms with Crippen molar-refractivity contribution in [1.29, 1.82) is 0 Å². The van der Waals surface area contributed by atoms with E-state index in [0.29, 0.717) is 0 Å². The molecule has 0 saturated carbocycles. The van der Waals surface area contributed by atoms with Crippen LogP contribution >= 0.6 is 23.2 Å². The number of halogens is 2. The Morgan fingerprint density at radius 3 is 1.83 bits per heavy atom. The van der Waals surface area contributed by atoms with Crippen LogP contribution in [0.15, 0.2) is 54.6 Å². The van der Waals surface area contributed by atoms with Crippen molar-refractivity contribution in [3.8, 4) is 5.75 Å². The number of benzene rings is 2. The Morgan fingerprint density at radius 1 is 0.745 bits per heavy atom. The fourth-order valence-corrected chi connectivity index (χ4v) is 4.28. The summed E-state index contributed by atoms with van der Waals surface area (Å²) in [5, 5.41) is 28.8. The van der Waals surface area contributed by atoms with Gasteiger partial charge in [-0.25, -0.2) is 4.79 Å². The van der Waals surface area contributed by atoms with Gasteiger partial charge in [-0.05, 0) is 48.9 Å². The van der Waals surface area contributed by atoms with Crippen LogP contribution in [0.5, 0.6) is 5.75 Å². The summed E-state index contributed by atoms with van der Waals surface area (Å²) in [4.78, 5) is 72.2. The molecule has 8 N–H and O–H groups in total. The molecule has 13 nitrogen and oxygen atoms in total. The first-order chi connectivity index (χ1) is 22.2. The molecule has 0 fully saturated rings. The van der Waals surface area contributed by atoms with E-state index in [9.17, 15) is 39.0 Å². The molecule has 4 amide bonds. The van der Waals surface area contributed by atoms with Crippen LogP contribution in [0.2, 0.25) is 0 Å². The Kier molecular flexibility index (Phi) is 18.7. The molecule has 2 aromatic carbocycles. The monoisotopic (exact) mass is 695 g/mol. The third kappa shape index (κ3) is 16.8. The van der Waals surface area contributed by atoms with Crippen molar-refractivity contribution in [2.75, 3.05) is 18.3 Å². The zero-order valence-corrected chi connectivity index (χ0v) is 28.0. The normalized spacial score (nSPS) is 13.1. The summed E-state index contributed by atoms with van der Waals surface area (Å²) in [6, 6.07) is 11.0. The third-order valence-electron chi connectivity index (χ3n) is 6.46. The number of carbonyl (C=O) groups is 6. The van der Waals surface area contributed by atoms with Gasteiger partial charge in [0, 0.05) is 6.42 Å². The summed E-state index contributed by atoms with van der Waals surface area (Å²) in [5.74, 6) is -3.69. The Bertz CT molecular complexity index is 1320. The van der Waals surface area contributed by atoms with Crippen molar-refractivity contribution < 1.29 is 39.0 Å². The summed E-state index contributed by atoms with van der Waals surface area (Å²) in [7, 11) is 0. The number of hydrogen-bond acceptors (Lipinski definition) is 8. The van der Waals surface area contributed by atoms with Crippen molar-refractivity contribution in [3.63, 3.8) is 0 Å². The van der Waals surface area contributed by atoms with Crippen molar-refractivity contribution in [2.24, 2.45) is 11.7 Å². The van der Waals surface area contributed by atoms with E-state index in [1.165, 1.54) is 19.1 Å². The zero-order chi connectivity index (χ0) is 35.5.